The summed E-state index contributed by atoms with van der Waals surface area (Å²) in [6.07, 6.45) is 0. The normalized spacial score (nSPS) is 11.0. The molecule has 0 bridgehead atoms. The van der Waals surface area contributed by atoms with Crippen molar-refractivity contribution in [1.82, 2.24) is 0 Å². The Kier molecular flexibility index (Phi) is 7.06. The minimum Gasteiger partial charge on any atom is -0.497 e. The minimum atomic E-state index is -0.493. The number of benzene rings is 2. The van der Waals surface area contributed by atoms with Gasteiger partial charge in [0, 0.05) is 24.3 Å². The first-order chi connectivity index (χ1) is 15.7. The van der Waals surface area contributed by atoms with Crippen LogP contribution in [-0.2, 0) is 5.41 Å². The van der Waals surface area contributed by atoms with Crippen molar-refractivity contribution in [2.75, 3.05) is 33.8 Å². The maximum absolute atomic E-state index is 12.8. The van der Waals surface area contributed by atoms with Gasteiger partial charge in [0.1, 0.15) is 34.4 Å². The van der Waals surface area contributed by atoms with Crippen LogP contribution in [0.2, 0.25) is 0 Å². The summed E-state index contributed by atoms with van der Waals surface area (Å²) < 4.78 is 32.9. The Hall–Kier alpha value is -3.81. The molecule has 0 aliphatic heterocycles. The van der Waals surface area contributed by atoms with Gasteiger partial charge in [-0.25, -0.2) is 0 Å². The lowest BCUT2D eigenvalue weighted by Gasteiger charge is -2.20. The molecule has 8 nitrogen and oxygen atoms in total. The van der Waals surface area contributed by atoms with Crippen LogP contribution < -0.4 is 29.0 Å². The Morgan fingerprint density at radius 3 is 1.91 bits per heavy atom. The summed E-state index contributed by atoms with van der Waals surface area (Å²) >= 11 is 0. The number of rotatable bonds is 8. The van der Waals surface area contributed by atoms with Crippen LogP contribution in [0.5, 0.6) is 34.7 Å². The van der Waals surface area contributed by atoms with Crippen molar-refractivity contribution in [2.24, 2.45) is 0 Å². The van der Waals surface area contributed by atoms with Gasteiger partial charge >= 0.3 is 0 Å². The Balaban J connectivity index is 1.82. The van der Waals surface area contributed by atoms with Gasteiger partial charge in [-0.15, -0.1) is 0 Å². The van der Waals surface area contributed by atoms with Crippen molar-refractivity contribution in [3.8, 4) is 34.7 Å². The molecule has 0 unspecified atom stereocenters. The van der Waals surface area contributed by atoms with Crippen molar-refractivity contribution in [3.05, 3.63) is 53.8 Å². The lowest BCUT2D eigenvalue weighted by Crippen LogP contribution is -2.13. The number of hydrogen-bond acceptors (Lipinski definition) is 7. The average molecular weight is 456 g/mol. The highest BCUT2D eigenvalue weighted by Crippen LogP contribution is 2.39. The molecule has 0 saturated heterocycles. The Morgan fingerprint density at radius 2 is 1.36 bits per heavy atom. The van der Waals surface area contributed by atoms with E-state index < -0.39 is 5.91 Å². The van der Waals surface area contributed by atoms with Gasteiger partial charge in [0.15, 0.2) is 5.76 Å². The van der Waals surface area contributed by atoms with Gasteiger partial charge in [-0.1, -0.05) is 20.8 Å². The molecule has 0 fully saturated rings. The Morgan fingerprint density at radius 1 is 0.788 bits per heavy atom. The van der Waals surface area contributed by atoms with Crippen molar-refractivity contribution in [2.45, 2.75) is 26.2 Å². The topological polar surface area (TPSA) is 88.4 Å². The molecule has 176 valence electrons. The highest BCUT2D eigenvalue weighted by Gasteiger charge is 2.20. The van der Waals surface area contributed by atoms with Gasteiger partial charge in [0.2, 0.25) is 0 Å². The summed E-state index contributed by atoms with van der Waals surface area (Å²) in [5, 5.41) is 2.76. The van der Waals surface area contributed by atoms with E-state index in [9.17, 15) is 4.79 Å². The summed E-state index contributed by atoms with van der Waals surface area (Å²) in [7, 11) is 6.11. The fraction of sp³-hybridized carbons (Fsp3) is 0.320. The Labute approximate surface area is 193 Å². The molecular formula is C25H29NO7. The summed E-state index contributed by atoms with van der Waals surface area (Å²) in [4.78, 5) is 12.8. The van der Waals surface area contributed by atoms with Crippen molar-refractivity contribution in [1.29, 1.82) is 0 Å². The maximum Gasteiger partial charge on any atom is 0.291 e. The number of hydrogen-bond donors (Lipinski definition) is 1. The third kappa shape index (κ3) is 5.52. The summed E-state index contributed by atoms with van der Waals surface area (Å²) in [6, 6.07) is 12.0. The third-order valence-corrected chi connectivity index (χ3v) is 4.96. The van der Waals surface area contributed by atoms with Gasteiger partial charge in [0.05, 0.1) is 28.4 Å². The number of carbonyl (C=O) groups excluding carboxylic acids is 1. The average Bonchev–Trinajstić information content (AvgIpc) is 3.26. The molecule has 2 aromatic carbocycles. The largest absolute Gasteiger partial charge is 0.497 e. The van der Waals surface area contributed by atoms with Crippen LogP contribution in [0.1, 0.15) is 36.9 Å². The van der Waals surface area contributed by atoms with E-state index in [0.29, 0.717) is 34.4 Å². The molecule has 1 N–H and O–H groups in total. The molecule has 3 rings (SSSR count). The molecule has 1 aromatic heterocycles. The number of furan rings is 1. The van der Waals surface area contributed by atoms with Crippen LogP contribution in [0.3, 0.4) is 0 Å². The van der Waals surface area contributed by atoms with Crippen LogP contribution in [0.4, 0.5) is 5.69 Å². The highest BCUT2D eigenvalue weighted by molar-refractivity contribution is 6.04. The molecule has 0 atom stereocenters. The monoisotopic (exact) mass is 455 g/mol. The van der Waals surface area contributed by atoms with Crippen LogP contribution in [0.15, 0.2) is 46.9 Å². The van der Waals surface area contributed by atoms with E-state index in [-0.39, 0.29) is 17.1 Å². The zero-order valence-corrected chi connectivity index (χ0v) is 19.9. The minimum absolute atomic E-state index is 0.0591. The van der Waals surface area contributed by atoms with Gasteiger partial charge < -0.3 is 33.4 Å². The predicted molar refractivity (Wildman–Crippen MR) is 125 cm³/mol. The predicted octanol–water partition coefficient (Wildman–Crippen LogP) is 5.66. The van der Waals surface area contributed by atoms with Crippen molar-refractivity contribution >= 4 is 11.6 Å². The van der Waals surface area contributed by atoms with Crippen LogP contribution in [0, 0.1) is 0 Å². The van der Waals surface area contributed by atoms with E-state index in [1.807, 2.05) is 12.1 Å². The smallest absolute Gasteiger partial charge is 0.291 e. The van der Waals surface area contributed by atoms with E-state index in [0.717, 1.165) is 5.56 Å². The fourth-order valence-corrected chi connectivity index (χ4v) is 3.10. The molecule has 8 heteroatoms. The van der Waals surface area contributed by atoms with E-state index >= 15 is 0 Å². The third-order valence-electron chi connectivity index (χ3n) is 4.96. The molecule has 33 heavy (non-hydrogen) atoms. The van der Waals surface area contributed by atoms with Gasteiger partial charge in [-0.2, -0.15) is 0 Å². The second-order valence-electron chi connectivity index (χ2n) is 8.23. The van der Waals surface area contributed by atoms with Gasteiger partial charge in [-0.3, -0.25) is 4.79 Å². The van der Waals surface area contributed by atoms with E-state index in [2.05, 4.69) is 26.1 Å². The second kappa shape index (κ2) is 9.77. The second-order valence-corrected chi connectivity index (χ2v) is 8.23. The van der Waals surface area contributed by atoms with Crippen molar-refractivity contribution < 1.29 is 32.9 Å². The number of amides is 1. The molecule has 1 amide bonds. The zero-order valence-electron chi connectivity index (χ0n) is 19.9. The summed E-state index contributed by atoms with van der Waals surface area (Å²) in [6.45, 7) is 6.30. The van der Waals surface area contributed by atoms with Crippen LogP contribution in [0.25, 0.3) is 0 Å². The van der Waals surface area contributed by atoms with E-state index in [1.165, 1.54) is 27.4 Å². The van der Waals surface area contributed by atoms with E-state index in [1.54, 1.807) is 31.4 Å². The first-order valence-corrected chi connectivity index (χ1v) is 10.3. The zero-order chi connectivity index (χ0) is 24.2. The number of nitrogens with one attached hydrogen (secondary N) is 1. The van der Waals surface area contributed by atoms with E-state index in [4.69, 9.17) is 28.1 Å². The highest BCUT2D eigenvalue weighted by atomic mass is 16.6. The lowest BCUT2D eigenvalue weighted by molar-refractivity contribution is 0.0991. The lowest BCUT2D eigenvalue weighted by atomic mass is 9.87. The molecule has 0 spiro atoms. The summed E-state index contributed by atoms with van der Waals surface area (Å²) in [5.41, 5.74) is 1.30. The SMILES string of the molecule is COc1cc(Oc2ccc(C(=O)Nc3c(OC)cc(OC)cc3OC)o2)cc(C(C)(C)C)c1. The fourth-order valence-electron chi connectivity index (χ4n) is 3.10. The number of ether oxygens (including phenoxy) is 5. The quantitative estimate of drug-likeness (QED) is 0.469. The standard InChI is InChI=1S/C25H29NO7/c1-25(2,3)15-10-16(28-4)12-18(11-15)32-22-9-8-19(33-22)24(27)26-23-20(30-6)13-17(29-5)14-21(23)31-7/h8-14H,1-7H3,(H,26,27). The number of anilines is 1. The van der Waals surface area contributed by atoms with Gasteiger partial charge in [-0.05, 0) is 29.2 Å². The first kappa shape index (κ1) is 23.8. The molecule has 0 saturated carbocycles. The van der Waals surface area contributed by atoms with Crippen LogP contribution >= 0.6 is 0 Å². The molecular weight excluding hydrogens is 426 g/mol. The Bertz CT molecular complexity index is 1100. The first-order valence-electron chi connectivity index (χ1n) is 10.3. The van der Waals surface area contributed by atoms with Crippen molar-refractivity contribution in [3.63, 3.8) is 0 Å². The molecule has 0 radical (unpaired) electrons. The number of methoxy groups -OCH3 is 4. The summed E-state index contributed by atoms with van der Waals surface area (Å²) in [5.74, 6) is 2.24. The van der Waals surface area contributed by atoms with Crippen LogP contribution in [-0.4, -0.2) is 34.3 Å². The van der Waals surface area contributed by atoms with Gasteiger partial charge in [0.25, 0.3) is 11.9 Å². The molecule has 3 aromatic rings. The molecule has 0 aliphatic rings. The maximum atomic E-state index is 12.8. The molecule has 1 heterocycles. The number of carbonyl (C=O) groups is 1. The molecule has 0 aliphatic carbocycles.